The highest BCUT2D eigenvalue weighted by atomic mass is 16.5. The van der Waals surface area contributed by atoms with Crippen LogP contribution in [0.3, 0.4) is 0 Å². The topological polar surface area (TPSA) is 56.1 Å². The van der Waals surface area contributed by atoms with Crippen molar-refractivity contribution in [3.05, 3.63) is 18.2 Å². The number of methoxy groups -OCH3 is 1. The van der Waals surface area contributed by atoms with E-state index in [1.807, 2.05) is 4.57 Å². The summed E-state index contributed by atoms with van der Waals surface area (Å²) in [5, 5.41) is 3.23. The van der Waals surface area contributed by atoms with Crippen LogP contribution >= 0.6 is 0 Å². The molecule has 102 valence electrons. The maximum Gasteiger partial charge on any atom is 0.329 e. The Kier molecular flexibility index (Phi) is 5.34. The molecular weight excluding hydrogens is 230 g/mol. The van der Waals surface area contributed by atoms with Crippen LogP contribution in [0.1, 0.15) is 45.5 Å². The van der Waals surface area contributed by atoms with E-state index in [1.165, 1.54) is 7.11 Å². The second-order valence-corrected chi connectivity index (χ2v) is 5.08. The molecule has 0 bridgehead atoms. The lowest BCUT2D eigenvalue weighted by Crippen LogP contribution is -2.34. The number of esters is 1. The number of carbonyl (C=O) groups excluding carboxylic acids is 1. The lowest BCUT2D eigenvalue weighted by molar-refractivity contribution is -0.143. The molecule has 0 saturated heterocycles. The van der Waals surface area contributed by atoms with Gasteiger partial charge in [-0.2, -0.15) is 0 Å². The number of nitrogens with zero attached hydrogens (tertiary/aromatic N) is 2. The lowest BCUT2D eigenvalue weighted by atomic mass is 10.1. The minimum Gasteiger partial charge on any atom is -0.468 e. The van der Waals surface area contributed by atoms with Crippen LogP contribution in [0, 0.1) is 5.92 Å². The number of aromatic nitrogens is 2. The van der Waals surface area contributed by atoms with Crippen LogP contribution in [-0.2, 0) is 9.53 Å². The molecule has 5 heteroatoms. The van der Waals surface area contributed by atoms with Crippen LogP contribution in [0.5, 0.6) is 0 Å². The average molecular weight is 253 g/mol. The molecule has 0 aliphatic rings. The van der Waals surface area contributed by atoms with E-state index < -0.39 is 6.04 Å². The van der Waals surface area contributed by atoms with Gasteiger partial charge < -0.3 is 9.30 Å². The Bertz CT molecular complexity index is 385. The SMILES string of the molecule is COC(=O)C(NCC(C)C)c1cncn1C(C)C. The van der Waals surface area contributed by atoms with Crippen molar-refractivity contribution in [2.45, 2.75) is 39.8 Å². The number of hydrogen-bond donors (Lipinski definition) is 1. The number of hydrogen-bond acceptors (Lipinski definition) is 4. The average Bonchev–Trinajstić information content (AvgIpc) is 2.77. The summed E-state index contributed by atoms with van der Waals surface area (Å²) in [5.74, 6) is 0.186. The largest absolute Gasteiger partial charge is 0.468 e. The molecule has 5 nitrogen and oxygen atoms in total. The fourth-order valence-electron chi connectivity index (χ4n) is 1.75. The van der Waals surface area contributed by atoms with Gasteiger partial charge in [0, 0.05) is 6.04 Å². The molecule has 1 aromatic heterocycles. The molecule has 0 spiro atoms. The predicted octanol–water partition coefficient (Wildman–Crippen LogP) is 1.92. The zero-order valence-electron chi connectivity index (χ0n) is 11.8. The zero-order chi connectivity index (χ0) is 13.7. The van der Waals surface area contributed by atoms with Gasteiger partial charge in [-0.3, -0.25) is 5.32 Å². The maximum atomic E-state index is 11.9. The molecule has 0 fully saturated rings. The van der Waals surface area contributed by atoms with Crippen LogP contribution in [0.25, 0.3) is 0 Å². The zero-order valence-corrected chi connectivity index (χ0v) is 11.8. The van der Waals surface area contributed by atoms with Crippen LogP contribution in [-0.4, -0.2) is 29.2 Å². The Hall–Kier alpha value is -1.36. The molecule has 18 heavy (non-hydrogen) atoms. The molecule has 1 N–H and O–H groups in total. The quantitative estimate of drug-likeness (QED) is 0.787. The number of carbonyl (C=O) groups is 1. The van der Waals surface area contributed by atoms with Crippen molar-refractivity contribution < 1.29 is 9.53 Å². The van der Waals surface area contributed by atoms with E-state index in [4.69, 9.17) is 4.74 Å². The number of ether oxygens (including phenoxy) is 1. The first-order valence-electron chi connectivity index (χ1n) is 6.30. The standard InChI is InChI=1S/C13H23N3O2/c1-9(2)6-15-12(13(17)18-5)11-7-14-8-16(11)10(3)4/h7-10,12,15H,6H2,1-5H3. The molecule has 1 atom stereocenters. The second kappa shape index (κ2) is 6.54. The number of rotatable bonds is 6. The van der Waals surface area contributed by atoms with Crippen molar-refractivity contribution in [3.8, 4) is 0 Å². The molecule has 0 radical (unpaired) electrons. The number of imidazole rings is 1. The summed E-state index contributed by atoms with van der Waals surface area (Å²) in [4.78, 5) is 16.0. The second-order valence-electron chi connectivity index (χ2n) is 5.08. The molecule has 0 aromatic carbocycles. The summed E-state index contributed by atoms with van der Waals surface area (Å²) in [6.45, 7) is 9.06. The molecule has 0 amide bonds. The van der Waals surface area contributed by atoms with Crippen molar-refractivity contribution in [3.63, 3.8) is 0 Å². The van der Waals surface area contributed by atoms with Crippen molar-refractivity contribution in [1.82, 2.24) is 14.9 Å². The van der Waals surface area contributed by atoms with Crippen LogP contribution < -0.4 is 5.32 Å². The molecule has 1 rings (SSSR count). The van der Waals surface area contributed by atoms with Gasteiger partial charge in [0.2, 0.25) is 0 Å². The van der Waals surface area contributed by atoms with E-state index in [0.29, 0.717) is 5.92 Å². The maximum absolute atomic E-state index is 11.9. The summed E-state index contributed by atoms with van der Waals surface area (Å²) in [6.07, 6.45) is 3.46. The van der Waals surface area contributed by atoms with E-state index in [1.54, 1.807) is 12.5 Å². The van der Waals surface area contributed by atoms with Gasteiger partial charge in [-0.25, -0.2) is 9.78 Å². The molecule has 0 saturated carbocycles. The first-order valence-corrected chi connectivity index (χ1v) is 6.30. The van der Waals surface area contributed by atoms with Gasteiger partial charge in [-0.05, 0) is 26.3 Å². The smallest absolute Gasteiger partial charge is 0.329 e. The van der Waals surface area contributed by atoms with Gasteiger partial charge in [-0.15, -0.1) is 0 Å². The molecule has 1 aromatic rings. The number of nitrogens with one attached hydrogen (secondary N) is 1. The third kappa shape index (κ3) is 3.57. The minimum atomic E-state index is -0.456. The van der Waals surface area contributed by atoms with Crippen molar-refractivity contribution in [1.29, 1.82) is 0 Å². The third-order valence-corrected chi connectivity index (χ3v) is 2.72. The lowest BCUT2D eigenvalue weighted by Gasteiger charge is -2.21. The van der Waals surface area contributed by atoms with E-state index >= 15 is 0 Å². The predicted molar refractivity (Wildman–Crippen MR) is 70.2 cm³/mol. The summed E-state index contributed by atoms with van der Waals surface area (Å²) in [7, 11) is 1.41. The van der Waals surface area contributed by atoms with Gasteiger partial charge >= 0.3 is 5.97 Å². The Balaban J connectivity index is 2.94. The van der Waals surface area contributed by atoms with Gasteiger partial charge in [0.1, 0.15) is 6.04 Å². The summed E-state index contributed by atoms with van der Waals surface area (Å²) in [5.41, 5.74) is 0.845. The third-order valence-electron chi connectivity index (χ3n) is 2.72. The molecule has 1 heterocycles. The Morgan fingerprint density at radius 1 is 1.44 bits per heavy atom. The van der Waals surface area contributed by atoms with E-state index in [0.717, 1.165) is 12.2 Å². The molecule has 0 aliphatic carbocycles. The summed E-state index contributed by atoms with van der Waals surface area (Å²) < 4.78 is 6.84. The van der Waals surface area contributed by atoms with E-state index in [2.05, 4.69) is 38.0 Å². The highest BCUT2D eigenvalue weighted by Crippen LogP contribution is 2.18. The molecule has 0 aliphatic heterocycles. The highest BCUT2D eigenvalue weighted by Gasteiger charge is 2.25. The van der Waals surface area contributed by atoms with Crippen molar-refractivity contribution in [2.75, 3.05) is 13.7 Å². The Morgan fingerprint density at radius 2 is 2.11 bits per heavy atom. The summed E-state index contributed by atoms with van der Waals surface area (Å²) >= 11 is 0. The Morgan fingerprint density at radius 3 is 2.61 bits per heavy atom. The summed E-state index contributed by atoms with van der Waals surface area (Å²) in [6, 6.07) is -0.196. The molecular formula is C13H23N3O2. The van der Waals surface area contributed by atoms with Gasteiger partial charge in [0.25, 0.3) is 0 Å². The van der Waals surface area contributed by atoms with Crippen LogP contribution in [0.15, 0.2) is 12.5 Å². The fourth-order valence-corrected chi connectivity index (χ4v) is 1.75. The monoisotopic (exact) mass is 253 g/mol. The minimum absolute atomic E-state index is 0.260. The van der Waals surface area contributed by atoms with Crippen LogP contribution in [0.2, 0.25) is 0 Å². The van der Waals surface area contributed by atoms with Crippen molar-refractivity contribution in [2.24, 2.45) is 5.92 Å². The van der Waals surface area contributed by atoms with Crippen LogP contribution in [0.4, 0.5) is 0 Å². The van der Waals surface area contributed by atoms with Gasteiger partial charge in [-0.1, -0.05) is 13.8 Å². The van der Waals surface area contributed by atoms with Gasteiger partial charge in [0.05, 0.1) is 25.3 Å². The van der Waals surface area contributed by atoms with E-state index in [9.17, 15) is 4.79 Å². The fraction of sp³-hybridized carbons (Fsp3) is 0.692. The highest BCUT2D eigenvalue weighted by molar-refractivity contribution is 5.76. The van der Waals surface area contributed by atoms with Gasteiger partial charge in [0.15, 0.2) is 0 Å². The first kappa shape index (κ1) is 14.7. The van der Waals surface area contributed by atoms with E-state index in [-0.39, 0.29) is 12.0 Å². The first-order chi connectivity index (χ1) is 8.47. The molecule has 1 unspecified atom stereocenters. The Labute approximate surface area is 109 Å². The van der Waals surface area contributed by atoms with Crippen molar-refractivity contribution >= 4 is 5.97 Å². The normalized spacial score (nSPS) is 13.1.